The molecular weight excluding hydrogens is 382 g/mol. The summed E-state index contributed by atoms with van der Waals surface area (Å²) in [6, 6.07) is 7.42. The highest BCUT2D eigenvalue weighted by atomic mass is 79.9. The van der Waals surface area contributed by atoms with Crippen LogP contribution in [0.3, 0.4) is 0 Å². The summed E-state index contributed by atoms with van der Waals surface area (Å²) in [5.41, 5.74) is 6.43. The summed E-state index contributed by atoms with van der Waals surface area (Å²) in [4.78, 5) is 23.8. The van der Waals surface area contributed by atoms with E-state index < -0.39 is 0 Å². The molecule has 4 N–H and O–H groups in total. The van der Waals surface area contributed by atoms with Crippen molar-refractivity contribution in [2.75, 3.05) is 13.1 Å². The van der Waals surface area contributed by atoms with Gasteiger partial charge in [0.25, 0.3) is 5.91 Å². The van der Waals surface area contributed by atoms with E-state index in [0.29, 0.717) is 25.1 Å². The summed E-state index contributed by atoms with van der Waals surface area (Å²) in [5, 5.41) is 5.76. The van der Waals surface area contributed by atoms with Gasteiger partial charge >= 0.3 is 0 Å². The van der Waals surface area contributed by atoms with E-state index in [1.807, 2.05) is 12.1 Å². The third kappa shape index (κ3) is 6.49. The van der Waals surface area contributed by atoms with E-state index in [0.717, 1.165) is 23.7 Å². The van der Waals surface area contributed by atoms with E-state index in [-0.39, 0.29) is 36.2 Å². The van der Waals surface area contributed by atoms with Crippen molar-refractivity contribution < 1.29 is 9.59 Å². The third-order valence-corrected chi connectivity index (χ3v) is 4.36. The number of rotatable bonds is 6. The van der Waals surface area contributed by atoms with Crippen LogP contribution >= 0.6 is 28.3 Å². The number of halogens is 2. The highest BCUT2D eigenvalue weighted by Crippen LogP contribution is 2.23. The maximum Gasteiger partial charge on any atom is 0.251 e. The lowest BCUT2D eigenvalue weighted by Gasteiger charge is -2.11. The topological polar surface area (TPSA) is 84.2 Å². The minimum atomic E-state index is -0.102. The monoisotopic (exact) mass is 403 g/mol. The normalized spacial score (nSPS) is 19.7. The second kappa shape index (κ2) is 9.90. The van der Waals surface area contributed by atoms with Gasteiger partial charge in [0.15, 0.2) is 0 Å². The molecule has 0 bridgehead atoms. The Labute approximate surface area is 151 Å². The standard InChI is InChI=1S/C16H22BrN3O2.ClH/c17-13-4-1-3-11(9-13)15(21)19-7-2-8-20-16(22)12-5-6-14(18)10-12;/h1,3-4,9,12,14H,2,5-8,10,18H2,(H,19,21)(H,20,22);1H. The molecule has 0 spiro atoms. The van der Waals surface area contributed by atoms with Crippen LogP contribution in [0, 0.1) is 5.92 Å². The first-order chi connectivity index (χ1) is 10.6. The van der Waals surface area contributed by atoms with Gasteiger partial charge in [0.05, 0.1) is 0 Å². The maximum atomic E-state index is 11.9. The molecule has 1 aliphatic carbocycles. The quantitative estimate of drug-likeness (QED) is 0.636. The van der Waals surface area contributed by atoms with Crippen molar-refractivity contribution in [1.29, 1.82) is 0 Å². The van der Waals surface area contributed by atoms with E-state index in [1.165, 1.54) is 0 Å². The molecule has 1 aliphatic rings. The fraction of sp³-hybridized carbons (Fsp3) is 0.500. The Morgan fingerprint density at radius 2 is 1.96 bits per heavy atom. The van der Waals surface area contributed by atoms with Crippen molar-refractivity contribution >= 4 is 40.2 Å². The van der Waals surface area contributed by atoms with Gasteiger partial charge in [0.1, 0.15) is 0 Å². The highest BCUT2D eigenvalue weighted by molar-refractivity contribution is 9.10. The van der Waals surface area contributed by atoms with E-state index in [1.54, 1.807) is 12.1 Å². The zero-order chi connectivity index (χ0) is 15.9. The predicted octanol–water partition coefficient (Wildman–Crippen LogP) is 2.23. The smallest absolute Gasteiger partial charge is 0.251 e. The summed E-state index contributed by atoms with van der Waals surface area (Å²) in [6.45, 7) is 1.11. The molecule has 0 saturated heterocycles. The van der Waals surface area contributed by atoms with Gasteiger partial charge in [0.2, 0.25) is 5.91 Å². The Morgan fingerprint density at radius 3 is 2.61 bits per heavy atom. The predicted molar refractivity (Wildman–Crippen MR) is 96.7 cm³/mol. The molecule has 0 radical (unpaired) electrons. The second-order valence-electron chi connectivity index (χ2n) is 5.68. The minimum absolute atomic E-state index is 0. The summed E-state index contributed by atoms with van der Waals surface area (Å²) in [5.74, 6) is 0.0481. The van der Waals surface area contributed by atoms with Crippen LogP contribution in [-0.2, 0) is 4.79 Å². The summed E-state index contributed by atoms with van der Waals surface area (Å²) in [7, 11) is 0. The molecular formula is C16H23BrClN3O2. The number of carbonyl (C=O) groups is 2. The number of benzene rings is 1. The average molecular weight is 405 g/mol. The zero-order valence-electron chi connectivity index (χ0n) is 12.9. The third-order valence-electron chi connectivity index (χ3n) is 3.87. The molecule has 0 heterocycles. The molecule has 0 aliphatic heterocycles. The number of hydrogen-bond acceptors (Lipinski definition) is 3. The average Bonchev–Trinajstić information content (AvgIpc) is 2.93. The van der Waals surface area contributed by atoms with Gasteiger partial charge in [-0.15, -0.1) is 12.4 Å². The molecule has 1 fully saturated rings. The van der Waals surface area contributed by atoms with Crippen LogP contribution in [0.25, 0.3) is 0 Å². The number of amides is 2. The molecule has 7 heteroatoms. The Bertz CT molecular complexity index is 542. The van der Waals surface area contributed by atoms with Crippen LogP contribution in [0.4, 0.5) is 0 Å². The van der Waals surface area contributed by atoms with Gasteiger partial charge < -0.3 is 16.4 Å². The van der Waals surface area contributed by atoms with Crippen molar-refractivity contribution in [2.24, 2.45) is 11.7 Å². The molecule has 128 valence electrons. The summed E-state index contributed by atoms with van der Waals surface area (Å²) in [6.07, 6.45) is 3.31. The van der Waals surface area contributed by atoms with Gasteiger partial charge in [-0.1, -0.05) is 22.0 Å². The molecule has 2 rings (SSSR count). The zero-order valence-corrected chi connectivity index (χ0v) is 15.3. The SMILES string of the molecule is Cl.NC1CCC(C(=O)NCCCNC(=O)c2cccc(Br)c2)C1. The Balaban J connectivity index is 0.00000264. The van der Waals surface area contributed by atoms with Crippen LogP contribution < -0.4 is 16.4 Å². The van der Waals surface area contributed by atoms with E-state index in [2.05, 4.69) is 26.6 Å². The van der Waals surface area contributed by atoms with E-state index in [4.69, 9.17) is 5.73 Å². The van der Waals surface area contributed by atoms with Crippen LogP contribution in [0.2, 0.25) is 0 Å². The second-order valence-corrected chi connectivity index (χ2v) is 6.60. The molecule has 2 amide bonds. The van der Waals surface area contributed by atoms with Gasteiger partial charge in [-0.05, 0) is 43.9 Å². The van der Waals surface area contributed by atoms with Crippen molar-refractivity contribution in [1.82, 2.24) is 10.6 Å². The van der Waals surface area contributed by atoms with Crippen molar-refractivity contribution in [3.63, 3.8) is 0 Å². The molecule has 0 aromatic heterocycles. The van der Waals surface area contributed by atoms with Crippen LogP contribution in [0.5, 0.6) is 0 Å². The lowest BCUT2D eigenvalue weighted by Crippen LogP contribution is -2.33. The van der Waals surface area contributed by atoms with Crippen molar-refractivity contribution in [3.05, 3.63) is 34.3 Å². The first kappa shape index (κ1) is 19.9. The number of carbonyl (C=O) groups excluding carboxylic acids is 2. The maximum absolute atomic E-state index is 11.9. The largest absolute Gasteiger partial charge is 0.356 e. The van der Waals surface area contributed by atoms with Crippen molar-refractivity contribution in [2.45, 2.75) is 31.7 Å². The molecule has 23 heavy (non-hydrogen) atoms. The number of hydrogen-bond donors (Lipinski definition) is 3. The molecule has 1 aromatic carbocycles. The highest BCUT2D eigenvalue weighted by Gasteiger charge is 2.27. The van der Waals surface area contributed by atoms with E-state index in [9.17, 15) is 9.59 Å². The summed E-state index contributed by atoms with van der Waals surface area (Å²) < 4.78 is 0.877. The fourth-order valence-electron chi connectivity index (χ4n) is 2.63. The summed E-state index contributed by atoms with van der Waals surface area (Å²) >= 11 is 3.34. The molecule has 1 saturated carbocycles. The van der Waals surface area contributed by atoms with Gasteiger partial charge in [-0.2, -0.15) is 0 Å². The molecule has 5 nitrogen and oxygen atoms in total. The van der Waals surface area contributed by atoms with Crippen molar-refractivity contribution in [3.8, 4) is 0 Å². The number of nitrogens with one attached hydrogen (secondary N) is 2. The first-order valence-electron chi connectivity index (χ1n) is 7.63. The van der Waals surface area contributed by atoms with Gasteiger partial charge in [-0.25, -0.2) is 0 Å². The van der Waals surface area contributed by atoms with Crippen LogP contribution in [-0.4, -0.2) is 30.9 Å². The van der Waals surface area contributed by atoms with Gasteiger partial charge in [-0.3, -0.25) is 9.59 Å². The lowest BCUT2D eigenvalue weighted by atomic mass is 10.1. The van der Waals surface area contributed by atoms with Crippen LogP contribution in [0.15, 0.2) is 28.7 Å². The van der Waals surface area contributed by atoms with E-state index >= 15 is 0 Å². The Kier molecular flexibility index (Phi) is 8.58. The molecule has 2 unspecified atom stereocenters. The molecule has 1 aromatic rings. The Hall–Kier alpha value is -1.11. The Morgan fingerprint density at radius 1 is 1.22 bits per heavy atom. The first-order valence-corrected chi connectivity index (χ1v) is 8.42. The molecule has 2 atom stereocenters. The lowest BCUT2D eigenvalue weighted by molar-refractivity contribution is -0.124. The van der Waals surface area contributed by atoms with Crippen LogP contribution in [0.1, 0.15) is 36.0 Å². The minimum Gasteiger partial charge on any atom is -0.356 e. The fourth-order valence-corrected chi connectivity index (χ4v) is 3.03. The number of nitrogens with two attached hydrogens (primary N) is 1. The van der Waals surface area contributed by atoms with Gasteiger partial charge in [0, 0.05) is 35.1 Å².